The Kier molecular flexibility index (Phi) is 4.90. The summed E-state index contributed by atoms with van der Waals surface area (Å²) < 4.78 is 5.53. The van der Waals surface area contributed by atoms with E-state index in [9.17, 15) is 4.79 Å². The molecule has 0 spiro atoms. The number of benzene rings is 1. The topological polar surface area (TPSA) is 68.0 Å². The van der Waals surface area contributed by atoms with Crippen LogP contribution in [0.2, 0.25) is 5.02 Å². The van der Waals surface area contributed by atoms with Gasteiger partial charge in [-0.05, 0) is 31.0 Å². The molecule has 1 N–H and O–H groups in total. The minimum absolute atomic E-state index is 0.163. The zero-order valence-corrected chi connectivity index (χ0v) is 14.8. The zero-order chi connectivity index (χ0) is 17.2. The van der Waals surface area contributed by atoms with Gasteiger partial charge in [-0.2, -0.15) is 4.98 Å². The van der Waals surface area contributed by atoms with Gasteiger partial charge in [0.1, 0.15) is 5.54 Å². The molecule has 1 aromatic carbocycles. The quantitative estimate of drug-likeness (QED) is 0.888. The molecule has 5 nitrogen and oxygen atoms in total. The van der Waals surface area contributed by atoms with E-state index in [-0.39, 0.29) is 11.8 Å². The number of nitrogens with one attached hydrogen (secondary N) is 1. The third kappa shape index (κ3) is 3.46. The molecule has 1 fully saturated rings. The predicted octanol–water partition coefficient (Wildman–Crippen LogP) is 4.44. The monoisotopic (exact) mass is 347 g/mol. The van der Waals surface area contributed by atoms with Gasteiger partial charge in [-0.1, -0.05) is 55.9 Å². The van der Waals surface area contributed by atoms with E-state index < -0.39 is 5.54 Å². The van der Waals surface area contributed by atoms with Gasteiger partial charge in [0.2, 0.25) is 0 Å². The normalized spacial score (nSPS) is 17.0. The molecule has 1 saturated carbocycles. The summed E-state index contributed by atoms with van der Waals surface area (Å²) in [6.45, 7) is 4.04. The second kappa shape index (κ2) is 6.93. The fourth-order valence-electron chi connectivity index (χ4n) is 3.13. The lowest BCUT2D eigenvalue weighted by Crippen LogP contribution is -2.47. The molecule has 0 radical (unpaired) electrons. The average Bonchev–Trinajstić information content (AvgIpc) is 3.07. The van der Waals surface area contributed by atoms with Crippen LogP contribution >= 0.6 is 11.6 Å². The molecule has 1 heterocycles. The molecule has 0 saturated heterocycles. The van der Waals surface area contributed by atoms with Gasteiger partial charge in [0.05, 0.1) is 0 Å². The van der Waals surface area contributed by atoms with E-state index in [1.54, 1.807) is 24.3 Å². The van der Waals surface area contributed by atoms with E-state index >= 15 is 0 Å². The fraction of sp³-hybridized carbons (Fsp3) is 0.500. The highest BCUT2D eigenvalue weighted by molar-refractivity contribution is 6.30. The Morgan fingerprint density at radius 2 is 2.04 bits per heavy atom. The van der Waals surface area contributed by atoms with Crippen molar-refractivity contribution in [2.24, 2.45) is 0 Å². The van der Waals surface area contributed by atoms with Gasteiger partial charge in [0.25, 0.3) is 11.8 Å². The Hall–Kier alpha value is -1.88. The van der Waals surface area contributed by atoms with Gasteiger partial charge in [-0.3, -0.25) is 4.79 Å². The molecule has 1 amide bonds. The number of halogens is 1. The molecule has 0 aliphatic heterocycles. The van der Waals surface area contributed by atoms with E-state index in [0.29, 0.717) is 22.3 Å². The van der Waals surface area contributed by atoms with E-state index in [4.69, 9.17) is 16.1 Å². The fourth-order valence-corrected chi connectivity index (χ4v) is 3.32. The van der Waals surface area contributed by atoms with Gasteiger partial charge < -0.3 is 9.84 Å². The number of carbonyl (C=O) groups excluding carboxylic acids is 1. The minimum Gasteiger partial charge on any atom is -0.338 e. The summed E-state index contributed by atoms with van der Waals surface area (Å²) in [5, 5.41) is 7.76. The van der Waals surface area contributed by atoms with Crippen molar-refractivity contribution in [2.45, 2.75) is 57.4 Å². The first-order chi connectivity index (χ1) is 11.5. The van der Waals surface area contributed by atoms with E-state index in [1.165, 1.54) is 0 Å². The summed E-state index contributed by atoms with van der Waals surface area (Å²) in [6.07, 6.45) is 4.81. The Balaban J connectivity index is 1.89. The molecular formula is C18H22ClN3O2. The van der Waals surface area contributed by atoms with Crippen molar-refractivity contribution in [2.75, 3.05) is 0 Å². The summed E-state index contributed by atoms with van der Waals surface area (Å²) >= 11 is 6.00. The number of aromatic nitrogens is 2. The van der Waals surface area contributed by atoms with Crippen LogP contribution in [-0.4, -0.2) is 16.0 Å². The highest BCUT2D eigenvalue weighted by Crippen LogP contribution is 2.37. The van der Waals surface area contributed by atoms with Crippen LogP contribution in [0.1, 0.15) is 73.9 Å². The lowest BCUT2D eigenvalue weighted by atomic mass is 9.81. The van der Waals surface area contributed by atoms with Crippen molar-refractivity contribution in [1.29, 1.82) is 0 Å². The molecule has 0 unspecified atom stereocenters. The number of rotatable bonds is 4. The van der Waals surface area contributed by atoms with Crippen LogP contribution in [0, 0.1) is 0 Å². The number of nitrogens with zero attached hydrogens (tertiary/aromatic N) is 2. The molecule has 6 heteroatoms. The van der Waals surface area contributed by atoms with Crippen molar-refractivity contribution in [3.8, 4) is 0 Å². The van der Waals surface area contributed by atoms with Crippen molar-refractivity contribution >= 4 is 17.5 Å². The van der Waals surface area contributed by atoms with Crippen LogP contribution in [0.5, 0.6) is 0 Å². The molecule has 1 aliphatic rings. The van der Waals surface area contributed by atoms with Crippen molar-refractivity contribution in [3.05, 3.63) is 46.6 Å². The van der Waals surface area contributed by atoms with Crippen LogP contribution in [0.15, 0.2) is 28.8 Å². The molecular weight excluding hydrogens is 326 g/mol. The molecule has 1 aliphatic carbocycles. The lowest BCUT2D eigenvalue weighted by Gasteiger charge is -2.34. The maximum Gasteiger partial charge on any atom is 0.252 e. The van der Waals surface area contributed by atoms with Crippen LogP contribution in [0.3, 0.4) is 0 Å². The summed E-state index contributed by atoms with van der Waals surface area (Å²) in [5.41, 5.74) is -0.0475. The molecule has 0 bridgehead atoms. The zero-order valence-electron chi connectivity index (χ0n) is 14.0. The Labute approximate surface area is 146 Å². The molecule has 2 aromatic rings. The van der Waals surface area contributed by atoms with E-state index in [1.807, 2.05) is 13.8 Å². The largest absolute Gasteiger partial charge is 0.338 e. The van der Waals surface area contributed by atoms with Crippen molar-refractivity contribution in [1.82, 2.24) is 15.5 Å². The second-order valence-electron chi connectivity index (χ2n) is 6.72. The first-order valence-electron chi connectivity index (χ1n) is 8.42. The summed E-state index contributed by atoms with van der Waals surface area (Å²) in [7, 11) is 0. The van der Waals surface area contributed by atoms with Gasteiger partial charge >= 0.3 is 0 Å². The molecule has 24 heavy (non-hydrogen) atoms. The van der Waals surface area contributed by atoms with Gasteiger partial charge in [-0.25, -0.2) is 0 Å². The number of hydrogen-bond donors (Lipinski definition) is 1. The molecule has 1 aromatic heterocycles. The summed E-state index contributed by atoms with van der Waals surface area (Å²) in [5.74, 6) is 1.21. The van der Waals surface area contributed by atoms with Crippen molar-refractivity contribution < 1.29 is 9.32 Å². The first-order valence-corrected chi connectivity index (χ1v) is 8.80. The SMILES string of the molecule is CC(C)c1noc(C2(NC(=O)c3cccc(Cl)c3)CCCCC2)n1. The van der Waals surface area contributed by atoms with E-state index in [2.05, 4.69) is 15.5 Å². The predicted molar refractivity (Wildman–Crippen MR) is 92.1 cm³/mol. The van der Waals surface area contributed by atoms with Gasteiger partial charge in [-0.15, -0.1) is 0 Å². The maximum absolute atomic E-state index is 12.7. The third-order valence-electron chi connectivity index (χ3n) is 4.51. The van der Waals surface area contributed by atoms with Gasteiger partial charge in [0.15, 0.2) is 5.82 Å². The van der Waals surface area contributed by atoms with Gasteiger partial charge in [0, 0.05) is 16.5 Å². The smallest absolute Gasteiger partial charge is 0.252 e. The standard InChI is InChI=1S/C18H22ClN3O2/c1-12(2)15-20-17(24-22-15)18(9-4-3-5-10-18)21-16(23)13-7-6-8-14(19)11-13/h6-8,11-12H,3-5,9-10H2,1-2H3,(H,21,23). The maximum atomic E-state index is 12.7. The van der Waals surface area contributed by atoms with Crippen LogP contribution in [0.25, 0.3) is 0 Å². The minimum atomic E-state index is -0.586. The highest BCUT2D eigenvalue weighted by atomic mass is 35.5. The number of carbonyl (C=O) groups is 1. The Morgan fingerprint density at radius 1 is 1.29 bits per heavy atom. The summed E-state index contributed by atoms with van der Waals surface area (Å²) in [6, 6.07) is 6.95. The number of amides is 1. The Morgan fingerprint density at radius 3 is 2.67 bits per heavy atom. The second-order valence-corrected chi connectivity index (χ2v) is 7.16. The molecule has 3 rings (SSSR count). The van der Waals surface area contributed by atoms with Crippen LogP contribution < -0.4 is 5.32 Å². The molecule has 0 atom stereocenters. The first kappa shape index (κ1) is 17.0. The lowest BCUT2D eigenvalue weighted by molar-refractivity contribution is 0.0824. The molecule has 128 valence electrons. The van der Waals surface area contributed by atoms with E-state index in [0.717, 1.165) is 32.1 Å². The highest BCUT2D eigenvalue weighted by Gasteiger charge is 2.41. The summed E-state index contributed by atoms with van der Waals surface area (Å²) in [4.78, 5) is 17.3. The Bertz CT molecular complexity index is 721. The van der Waals surface area contributed by atoms with Crippen LogP contribution in [-0.2, 0) is 5.54 Å². The van der Waals surface area contributed by atoms with Crippen LogP contribution in [0.4, 0.5) is 0 Å². The third-order valence-corrected chi connectivity index (χ3v) is 4.75. The average molecular weight is 348 g/mol. The number of hydrogen-bond acceptors (Lipinski definition) is 4. The van der Waals surface area contributed by atoms with Crippen molar-refractivity contribution in [3.63, 3.8) is 0 Å².